The Hall–Kier alpha value is -3.46. The Bertz CT molecular complexity index is 1110. The number of aromatic nitrogens is 2. The van der Waals surface area contributed by atoms with Crippen LogP contribution in [0.15, 0.2) is 54.7 Å². The van der Waals surface area contributed by atoms with Gasteiger partial charge in [0.05, 0.1) is 17.5 Å². The standard InChI is InChI=1S/C23H22F3N5O/c24-23(25,26)17-7-5-15(6-8-17)20-21(28)29-13-19(30-20)14-1-3-16(4-2-14)22(32)31-11-9-18(27)10-12-31/h1-8,13,18H,9-12,27H2,(H2,28,29). The third-order valence-corrected chi connectivity index (χ3v) is 5.54. The fourth-order valence-electron chi connectivity index (χ4n) is 3.64. The number of amides is 1. The minimum Gasteiger partial charge on any atom is -0.382 e. The SMILES string of the molecule is Nc1ncc(-c2ccc(C(=O)N3CCC(N)CC3)cc2)nc1-c1ccc(C(F)(F)F)cc1. The summed E-state index contributed by atoms with van der Waals surface area (Å²) in [6, 6.07) is 11.7. The molecule has 0 aliphatic carbocycles. The molecule has 1 aliphatic rings. The number of hydrogen-bond donors (Lipinski definition) is 2. The van der Waals surface area contributed by atoms with Crippen LogP contribution in [0.1, 0.15) is 28.8 Å². The minimum absolute atomic E-state index is 0.0442. The van der Waals surface area contributed by atoms with Crippen LogP contribution in [0.4, 0.5) is 19.0 Å². The highest BCUT2D eigenvalue weighted by Crippen LogP contribution is 2.32. The van der Waals surface area contributed by atoms with Crippen LogP contribution in [-0.2, 0) is 6.18 Å². The molecule has 166 valence electrons. The van der Waals surface area contributed by atoms with Gasteiger partial charge in [-0.25, -0.2) is 9.97 Å². The number of piperidine rings is 1. The molecular formula is C23H22F3N5O. The fraction of sp³-hybridized carbons (Fsp3) is 0.261. The molecule has 32 heavy (non-hydrogen) atoms. The fourth-order valence-corrected chi connectivity index (χ4v) is 3.64. The molecule has 3 aromatic rings. The number of nitrogen functional groups attached to an aromatic ring is 1. The molecule has 0 atom stereocenters. The Kier molecular flexibility index (Phi) is 5.84. The second-order valence-electron chi connectivity index (χ2n) is 7.77. The monoisotopic (exact) mass is 441 g/mol. The van der Waals surface area contributed by atoms with Crippen molar-refractivity contribution in [2.24, 2.45) is 5.73 Å². The van der Waals surface area contributed by atoms with Crippen molar-refractivity contribution in [3.63, 3.8) is 0 Å². The number of nitrogens with two attached hydrogens (primary N) is 2. The van der Waals surface area contributed by atoms with E-state index in [0.29, 0.717) is 41.2 Å². The molecule has 0 radical (unpaired) electrons. The minimum atomic E-state index is -4.42. The Morgan fingerprint density at radius 3 is 2.16 bits per heavy atom. The number of anilines is 1. The lowest BCUT2D eigenvalue weighted by Crippen LogP contribution is -2.42. The van der Waals surface area contributed by atoms with Gasteiger partial charge in [0.1, 0.15) is 11.5 Å². The molecule has 0 saturated carbocycles. The molecule has 1 aromatic heterocycles. The van der Waals surface area contributed by atoms with Crippen molar-refractivity contribution in [2.75, 3.05) is 18.8 Å². The number of hydrogen-bond acceptors (Lipinski definition) is 5. The molecule has 4 rings (SSSR count). The maximum absolute atomic E-state index is 12.8. The van der Waals surface area contributed by atoms with Crippen molar-refractivity contribution in [1.82, 2.24) is 14.9 Å². The lowest BCUT2D eigenvalue weighted by atomic mass is 10.0. The van der Waals surface area contributed by atoms with Crippen LogP contribution >= 0.6 is 0 Å². The number of benzene rings is 2. The number of halogens is 3. The van der Waals surface area contributed by atoms with Gasteiger partial charge in [-0.1, -0.05) is 24.3 Å². The maximum Gasteiger partial charge on any atom is 0.416 e. The zero-order valence-corrected chi connectivity index (χ0v) is 17.1. The molecule has 4 N–H and O–H groups in total. The molecule has 1 aliphatic heterocycles. The van der Waals surface area contributed by atoms with Crippen molar-refractivity contribution < 1.29 is 18.0 Å². The molecule has 1 saturated heterocycles. The van der Waals surface area contributed by atoms with E-state index >= 15 is 0 Å². The maximum atomic E-state index is 12.8. The summed E-state index contributed by atoms with van der Waals surface area (Å²) < 4.78 is 38.5. The molecule has 0 bridgehead atoms. The summed E-state index contributed by atoms with van der Waals surface area (Å²) in [7, 11) is 0. The number of nitrogens with zero attached hydrogens (tertiary/aromatic N) is 3. The average molecular weight is 441 g/mol. The average Bonchev–Trinajstić information content (AvgIpc) is 2.79. The first-order chi connectivity index (χ1) is 15.2. The van der Waals surface area contributed by atoms with Crippen LogP contribution < -0.4 is 11.5 Å². The van der Waals surface area contributed by atoms with Crippen molar-refractivity contribution in [3.8, 4) is 22.5 Å². The van der Waals surface area contributed by atoms with Crippen LogP contribution in [-0.4, -0.2) is 39.9 Å². The smallest absolute Gasteiger partial charge is 0.382 e. The van der Waals surface area contributed by atoms with Gasteiger partial charge in [-0.2, -0.15) is 13.2 Å². The van der Waals surface area contributed by atoms with E-state index < -0.39 is 11.7 Å². The molecule has 6 nitrogen and oxygen atoms in total. The van der Waals surface area contributed by atoms with Crippen molar-refractivity contribution in [3.05, 3.63) is 65.9 Å². The van der Waals surface area contributed by atoms with E-state index in [4.69, 9.17) is 11.5 Å². The number of alkyl halides is 3. The van der Waals surface area contributed by atoms with Gasteiger partial charge in [0, 0.05) is 35.8 Å². The Balaban J connectivity index is 1.56. The van der Waals surface area contributed by atoms with Crippen LogP contribution in [0, 0.1) is 0 Å². The van der Waals surface area contributed by atoms with E-state index in [9.17, 15) is 18.0 Å². The molecule has 0 spiro atoms. The molecule has 2 aromatic carbocycles. The summed E-state index contributed by atoms with van der Waals surface area (Å²) in [5, 5.41) is 0. The van der Waals surface area contributed by atoms with E-state index in [0.717, 1.165) is 25.0 Å². The summed E-state index contributed by atoms with van der Waals surface area (Å²) in [6.07, 6.45) is -1.35. The van der Waals surface area contributed by atoms with Crippen LogP contribution in [0.25, 0.3) is 22.5 Å². The summed E-state index contributed by atoms with van der Waals surface area (Å²) >= 11 is 0. The van der Waals surface area contributed by atoms with Crippen molar-refractivity contribution in [2.45, 2.75) is 25.1 Å². The van der Waals surface area contributed by atoms with Gasteiger partial charge in [0.25, 0.3) is 5.91 Å². The summed E-state index contributed by atoms with van der Waals surface area (Å²) in [4.78, 5) is 23.1. The highest BCUT2D eigenvalue weighted by molar-refractivity contribution is 5.94. The first kappa shape index (κ1) is 21.8. The third kappa shape index (κ3) is 4.57. The van der Waals surface area contributed by atoms with Gasteiger partial charge in [0.2, 0.25) is 0 Å². The van der Waals surface area contributed by atoms with E-state index in [2.05, 4.69) is 9.97 Å². The van der Waals surface area contributed by atoms with Gasteiger partial charge in [-0.3, -0.25) is 4.79 Å². The van der Waals surface area contributed by atoms with Crippen LogP contribution in [0.3, 0.4) is 0 Å². The quantitative estimate of drug-likeness (QED) is 0.641. The van der Waals surface area contributed by atoms with E-state index in [1.54, 1.807) is 29.2 Å². The zero-order valence-electron chi connectivity index (χ0n) is 17.1. The van der Waals surface area contributed by atoms with E-state index in [1.807, 2.05) is 0 Å². The number of carbonyl (C=O) groups is 1. The van der Waals surface area contributed by atoms with Crippen LogP contribution in [0.5, 0.6) is 0 Å². The van der Waals surface area contributed by atoms with Gasteiger partial charge >= 0.3 is 6.18 Å². The largest absolute Gasteiger partial charge is 0.416 e. The highest BCUT2D eigenvalue weighted by atomic mass is 19.4. The van der Waals surface area contributed by atoms with Crippen LogP contribution in [0.2, 0.25) is 0 Å². The third-order valence-electron chi connectivity index (χ3n) is 5.54. The lowest BCUT2D eigenvalue weighted by molar-refractivity contribution is -0.137. The summed E-state index contributed by atoms with van der Waals surface area (Å²) in [6.45, 7) is 1.28. The second-order valence-corrected chi connectivity index (χ2v) is 7.77. The molecule has 1 amide bonds. The highest BCUT2D eigenvalue weighted by Gasteiger charge is 2.30. The van der Waals surface area contributed by atoms with Gasteiger partial charge < -0.3 is 16.4 Å². The number of carbonyl (C=O) groups excluding carboxylic acids is 1. The normalized spacial score (nSPS) is 15.1. The number of rotatable bonds is 3. The first-order valence-corrected chi connectivity index (χ1v) is 10.2. The number of likely N-dealkylation sites (tertiary alicyclic amines) is 1. The van der Waals surface area contributed by atoms with E-state index in [1.165, 1.54) is 18.3 Å². The zero-order chi connectivity index (χ0) is 22.9. The molecule has 0 unspecified atom stereocenters. The van der Waals surface area contributed by atoms with Crippen molar-refractivity contribution >= 4 is 11.7 Å². The molecule has 9 heteroatoms. The lowest BCUT2D eigenvalue weighted by Gasteiger charge is -2.30. The Morgan fingerprint density at radius 1 is 0.969 bits per heavy atom. The summed E-state index contributed by atoms with van der Waals surface area (Å²) in [5.41, 5.74) is 13.6. The van der Waals surface area contributed by atoms with Crippen molar-refractivity contribution in [1.29, 1.82) is 0 Å². The summed E-state index contributed by atoms with van der Waals surface area (Å²) in [5.74, 6) is 0.0703. The van der Waals surface area contributed by atoms with E-state index in [-0.39, 0.29) is 17.8 Å². The Labute approximate surface area is 183 Å². The first-order valence-electron chi connectivity index (χ1n) is 10.2. The van der Waals surface area contributed by atoms with Gasteiger partial charge in [0.15, 0.2) is 0 Å². The van der Waals surface area contributed by atoms with Gasteiger partial charge in [-0.05, 0) is 37.1 Å². The molecule has 1 fully saturated rings. The topological polar surface area (TPSA) is 98.1 Å². The van der Waals surface area contributed by atoms with Gasteiger partial charge in [-0.15, -0.1) is 0 Å². The molecular weight excluding hydrogens is 419 g/mol. The predicted molar refractivity (Wildman–Crippen MR) is 115 cm³/mol. The molecule has 2 heterocycles. The predicted octanol–water partition coefficient (Wildman–Crippen LogP) is 3.97. The Morgan fingerprint density at radius 2 is 1.56 bits per heavy atom. The second kappa shape index (κ2) is 8.58.